The van der Waals surface area contributed by atoms with Crippen LogP contribution in [0.5, 0.6) is 5.75 Å². The SMILES string of the molecule is COc1cc(C(C)C)ccc1C1(CCS)COC1. The van der Waals surface area contributed by atoms with Gasteiger partial charge in [0.25, 0.3) is 0 Å². The summed E-state index contributed by atoms with van der Waals surface area (Å²) < 4.78 is 11.0. The fourth-order valence-electron chi connectivity index (χ4n) is 2.50. The van der Waals surface area contributed by atoms with Crippen LogP contribution in [0.2, 0.25) is 0 Å². The molecule has 1 aliphatic rings. The molecule has 100 valence electrons. The third kappa shape index (κ3) is 2.39. The van der Waals surface area contributed by atoms with Gasteiger partial charge in [-0.3, -0.25) is 0 Å². The van der Waals surface area contributed by atoms with E-state index < -0.39 is 0 Å². The highest BCUT2D eigenvalue weighted by atomic mass is 32.1. The minimum Gasteiger partial charge on any atom is -0.496 e. The fourth-order valence-corrected chi connectivity index (χ4v) is 2.93. The van der Waals surface area contributed by atoms with Gasteiger partial charge in [0.1, 0.15) is 5.75 Å². The molecule has 0 radical (unpaired) electrons. The largest absolute Gasteiger partial charge is 0.496 e. The molecule has 2 nitrogen and oxygen atoms in total. The van der Waals surface area contributed by atoms with Gasteiger partial charge >= 0.3 is 0 Å². The van der Waals surface area contributed by atoms with Crippen molar-refractivity contribution in [2.45, 2.75) is 31.6 Å². The molecule has 0 spiro atoms. The molecule has 0 aliphatic carbocycles. The first-order valence-corrected chi connectivity index (χ1v) is 7.13. The van der Waals surface area contributed by atoms with Crippen molar-refractivity contribution in [1.29, 1.82) is 0 Å². The van der Waals surface area contributed by atoms with E-state index in [1.165, 1.54) is 11.1 Å². The van der Waals surface area contributed by atoms with Crippen LogP contribution in [0.15, 0.2) is 18.2 Å². The topological polar surface area (TPSA) is 18.5 Å². The van der Waals surface area contributed by atoms with Gasteiger partial charge in [0.2, 0.25) is 0 Å². The number of methoxy groups -OCH3 is 1. The Morgan fingerprint density at radius 1 is 1.39 bits per heavy atom. The first-order chi connectivity index (χ1) is 8.63. The van der Waals surface area contributed by atoms with E-state index in [2.05, 4.69) is 44.7 Å². The van der Waals surface area contributed by atoms with Crippen LogP contribution >= 0.6 is 12.6 Å². The van der Waals surface area contributed by atoms with Crippen molar-refractivity contribution in [2.24, 2.45) is 0 Å². The maximum absolute atomic E-state index is 5.58. The van der Waals surface area contributed by atoms with Gasteiger partial charge in [0, 0.05) is 11.0 Å². The monoisotopic (exact) mass is 266 g/mol. The van der Waals surface area contributed by atoms with Crippen LogP contribution in [0.1, 0.15) is 37.3 Å². The first kappa shape index (κ1) is 13.8. The quantitative estimate of drug-likeness (QED) is 0.823. The lowest BCUT2D eigenvalue weighted by atomic mass is 9.75. The standard InChI is InChI=1S/C15H22O2S/c1-11(2)12-4-5-13(14(8-12)16-3)15(6-7-18)9-17-10-15/h4-5,8,11,18H,6-7,9-10H2,1-3H3. The molecule has 0 saturated carbocycles. The van der Waals surface area contributed by atoms with E-state index in [9.17, 15) is 0 Å². The van der Waals surface area contributed by atoms with Crippen molar-refractivity contribution in [3.63, 3.8) is 0 Å². The lowest BCUT2D eigenvalue weighted by Crippen LogP contribution is -2.47. The van der Waals surface area contributed by atoms with E-state index in [0.717, 1.165) is 31.1 Å². The van der Waals surface area contributed by atoms with Crippen molar-refractivity contribution >= 4 is 12.6 Å². The molecule has 1 fully saturated rings. The Bertz CT molecular complexity index is 411. The number of hydrogen-bond donors (Lipinski definition) is 1. The summed E-state index contributed by atoms with van der Waals surface area (Å²) in [6.07, 6.45) is 1.04. The molecule has 0 aromatic heterocycles. The van der Waals surface area contributed by atoms with Crippen LogP contribution in [0.3, 0.4) is 0 Å². The second-order valence-corrected chi connectivity index (χ2v) is 5.81. The number of rotatable bonds is 5. The van der Waals surface area contributed by atoms with Crippen molar-refractivity contribution < 1.29 is 9.47 Å². The molecular weight excluding hydrogens is 244 g/mol. The smallest absolute Gasteiger partial charge is 0.123 e. The number of ether oxygens (including phenoxy) is 2. The summed E-state index contributed by atoms with van der Waals surface area (Å²) in [5, 5.41) is 0. The maximum Gasteiger partial charge on any atom is 0.123 e. The average Bonchev–Trinajstić information content (AvgIpc) is 2.33. The average molecular weight is 266 g/mol. The summed E-state index contributed by atoms with van der Waals surface area (Å²) in [6, 6.07) is 6.58. The van der Waals surface area contributed by atoms with Gasteiger partial charge in [-0.05, 0) is 29.7 Å². The van der Waals surface area contributed by atoms with E-state index >= 15 is 0 Å². The summed E-state index contributed by atoms with van der Waals surface area (Å²) in [4.78, 5) is 0. The van der Waals surface area contributed by atoms with Crippen LogP contribution in [-0.2, 0) is 10.2 Å². The zero-order chi connectivity index (χ0) is 13.2. The highest BCUT2D eigenvalue weighted by Gasteiger charge is 2.41. The first-order valence-electron chi connectivity index (χ1n) is 6.50. The predicted octanol–water partition coefficient (Wildman–Crippen LogP) is 3.41. The van der Waals surface area contributed by atoms with Gasteiger partial charge in [-0.2, -0.15) is 12.6 Å². The Balaban J connectivity index is 2.37. The van der Waals surface area contributed by atoms with Crippen LogP contribution in [-0.4, -0.2) is 26.1 Å². The molecular formula is C15H22O2S. The highest BCUT2D eigenvalue weighted by Crippen LogP contribution is 2.41. The molecule has 1 saturated heterocycles. The molecule has 0 unspecified atom stereocenters. The van der Waals surface area contributed by atoms with Gasteiger partial charge in [0.15, 0.2) is 0 Å². The van der Waals surface area contributed by atoms with E-state index in [-0.39, 0.29) is 5.41 Å². The van der Waals surface area contributed by atoms with Gasteiger partial charge < -0.3 is 9.47 Å². The summed E-state index contributed by atoms with van der Waals surface area (Å²) in [7, 11) is 1.75. The molecule has 18 heavy (non-hydrogen) atoms. The van der Waals surface area contributed by atoms with Gasteiger partial charge in [-0.15, -0.1) is 0 Å². The number of thiol groups is 1. The molecule has 0 amide bonds. The molecule has 0 bridgehead atoms. The summed E-state index contributed by atoms with van der Waals surface area (Å²) in [5.74, 6) is 2.39. The van der Waals surface area contributed by atoms with Crippen molar-refractivity contribution in [2.75, 3.05) is 26.1 Å². The fraction of sp³-hybridized carbons (Fsp3) is 0.600. The van der Waals surface area contributed by atoms with E-state index in [1.807, 2.05) is 0 Å². The second kappa shape index (κ2) is 5.54. The Morgan fingerprint density at radius 3 is 2.56 bits per heavy atom. The number of benzene rings is 1. The van der Waals surface area contributed by atoms with Crippen molar-refractivity contribution in [1.82, 2.24) is 0 Å². The van der Waals surface area contributed by atoms with Crippen LogP contribution in [0, 0.1) is 0 Å². The predicted molar refractivity (Wildman–Crippen MR) is 78.1 cm³/mol. The molecule has 0 atom stereocenters. The van der Waals surface area contributed by atoms with E-state index in [0.29, 0.717) is 5.92 Å². The van der Waals surface area contributed by atoms with Crippen LogP contribution in [0.4, 0.5) is 0 Å². The van der Waals surface area contributed by atoms with Crippen LogP contribution < -0.4 is 4.74 Å². The zero-order valence-electron chi connectivity index (χ0n) is 11.4. The molecule has 2 rings (SSSR count). The van der Waals surface area contributed by atoms with Gasteiger partial charge in [-0.1, -0.05) is 26.0 Å². The normalized spacial score (nSPS) is 17.6. The maximum atomic E-state index is 5.58. The minimum absolute atomic E-state index is 0.114. The Kier molecular flexibility index (Phi) is 4.23. The summed E-state index contributed by atoms with van der Waals surface area (Å²) in [6.45, 7) is 5.96. The van der Waals surface area contributed by atoms with E-state index in [1.54, 1.807) is 7.11 Å². The summed E-state index contributed by atoms with van der Waals surface area (Å²) in [5.41, 5.74) is 2.70. The third-order valence-corrected chi connectivity index (χ3v) is 4.03. The summed E-state index contributed by atoms with van der Waals surface area (Å²) >= 11 is 4.37. The Morgan fingerprint density at radius 2 is 2.11 bits per heavy atom. The lowest BCUT2D eigenvalue weighted by Gasteiger charge is -2.42. The van der Waals surface area contributed by atoms with E-state index in [4.69, 9.17) is 9.47 Å². The Hall–Kier alpha value is -0.670. The molecule has 1 aromatic carbocycles. The highest BCUT2D eigenvalue weighted by molar-refractivity contribution is 7.80. The molecule has 1 aliphatic heterocycles. The third-order valence-electron chi connectivity index (χ3n) is 3.81. The second-order valence-electron chi connectivity index (χ2n) is 5.36. The Labute approximate surface area is 115 Å². The number of hydrogen-bond acceptors (Lipinski definition) is 3. The minimum atomic E-state index is 0.114. The van der Waals surface area contributed by atoms with Gasteiger partial charge in [0.05, 0.1) is 20.3 Å². The van der Waals surface area contributed by atoms with Crippen molar-refractivity contribution in [3.8, 4) is 5.75 Å². The zero-order valence-corrected chi connectivity index (χ0v) is 12.3. The molecule has 1 heterocycles. The van der Waals surface area contributed by atoms with Crippen molar-refractivity contribution in [3.05, 3.63) is 29.3 Å². The van der Waals surface area contributed by atoms with Crippen LogP contribution in [0.25, 0.3) is 0 Å². The molecule has 0 N–H and O–H groups in total. The molecule has 3 heteroatoms. The van der Waals surface area contributed by atoms with Gasteiger partial charge in [-0.25, -0.2) is 0 Å². The lowest BCUT2D eigenvalue weighted by molar-refractivity contribution is -0.0622. The molecule has 1 aromatic rings.